The molecule has 0 radical (unpaired) electrons. The van der Waals surface area contributed by atoms with Crippen LogP contribution in [-0.2, 0) is 4.74 Å². The van der Waals surface area contributed by atoms with Crippen molar-refractivity contribution in [3.05, 3.63) is 29.8 Å². The summed E-state index contributed by atoms with van der Waals surface area (Å²) in [5, 5.41) is 3.25. The van der Waals surface area contributed by atoms with Crippen LogP contribution in [0, 0.1) is 0 Å². The number of hydrogen-bond donors (Lipinski definition) is 2. The largest absolute Gasteiger partial charge is 0.493 e. The maximum atomic E-state index is 12.1. The Kier molecular flexibility index (Phi) is 9.14. The van der Waals surface area contributed by atoms with E-state index in [1.807, 2.05) is 52.0 Å². The molecule has 152 valence electrons. The average molecular weight is 490 g/mol. The second-order valence-corrected chi connectivity index (χ2v) is 7.20. The van der Waals surface area contributed by atoms with Gasteiger partial charge in [0.2, 0.25) is 0 Å². The molecule has 0 saturated heterocycles. The number of likely N-dealkylation sites (N-methyl/N-ethyl adjacent to an activating group) is 1. The van der Waals surface area contributed by atoms with Crippen LogP contribution in [0.4, 0.5) is 4.79 Å². The lowest BCUT2D eigenvalue weighted by Gasteiger charge is -2.27. The van der Waals surface area contributed by atoms with Gasteiger partial charge < -0.3 is 25.4 Å². The van der Waals surface area contributed by atoms with Gasteiger partial charge in [0.15, 0.2) is 5.96 Å². The zero-order valence-corrected chi connectivity index (χ0v) is 18.9. The SMILES string of the molecule is CCN(CCN=C(N)NC1CCOc2ccccc21)C(=O)OC(C)(C)C.I. The highest BCUT2D eigenvalue weighted by Gasteiger charge is 2.22. The van der Waals surface area contributed by atoms with E-state index >= 15 is 0 Å². The van der Waals surface area contributed by atoms with Crippen molar-refractivity contribution in [2.24, 2.45) is 10.7 Å². The number of carbonyl (C=O) groups excluding carboxylic acids is 1. The maximum Gasteiger partial charge on any atom is 0.410 e. The minimum Gasteiger partial charge on any atom is -0.493 e. The Morgan fingerprint density at radius 3 is 2.78 bits per heavy atom. The van der Waals surface area contributed by atoms with Crippen molar-refractivity contribution in [1.82, 2.24) is 10.2 Å². The summed E-state index contributed by atoms with van der Waals surface area (Å²) in [6.45, 7) is 9.54. The van der Waals surface area contributed by atoms with Gasteiger partial charge in [-0.2, -0.15) is 0 Å². The van der Waals surface area contributed by atoms with Gasteiger partial charge >= 0.3 is 6.09 Å². The summed E-state index contributed by atoms with van der Waals surface area (Å²) < 4.78 is 11.0. The van der Waals surface area contributed by atoms with E-state index < -0.39 is 5.60 Å². The van der Waals surface area contributed by atoms with E-state index in [1.165, 1.54) is 0 Å². The third-order valence-corrected chi connectivity index (χ3v) is 3.97. The highest BCUT2D eigenvalue weighted by Crippen LogP contribution is 2.31. The molecule has 27 heavy (non-hydrogen) atoms. The number of nitrogens with one attached hydrogen (secondary N) is 1. The maximum absolute atomic E-state index is 12.1. The lowest BCUT2D eigenvalue weighted by atomic mass is 10.0. The molecule has 0 aliphatic carbocycles. The van der Waals surface area contributed by atoms with Crippen LogP contribution in [0.25, 0.3) is 0 Å². The number of rotatable bonds is 5. The number of aliphatic imine (C=N–C) groups is 1. The molecule has 3 N–H and O–H groups in total. The molecule has 0 saturated carbocycles. The minimum absolute atomic E-state index is 0. The lowest BCUT2D eigenvalue weighted by molar-refractivity contribution is 0.0266. The molecule has 2 rings (SSSR count). The van der Waals surface area contributed by atoms with Gasteiger partial charge in [-0.1, -0.05) is 18.2 Å². The van der Waals surface area contributed by atoms with Gasteiger partial charge in [0, 0.05) is 25.1 Å². The molecule has 1 atom stereocenters. The number of halogens is 1. The number of para-hydroxylation sites is 1. The van der Waals surface area contributed by atoms with Gasteiger partial charge in [-0.05, 0) is 33.8 Å². The highest BCUT2D eigenvalue weighted by atomic mass is 127. The van der Waals surface area contributed by atoms with Crippen LogP contribution in [0.1, 0.15) is 45.7 Å². The number of hydrogen-bond acceptors (Lipinski definition) is 4. The molecule has 1 amide bonds. The first-order valence-electron chi connectivity index (χ1n) is 9.06. The normalized spacial score (nSPS) is 16.4. The summed E-state index contributed by atoms with van der Waals surface area (Å²) in [6, 6.07) is 8.00. The predicted octanol–water partition coefficient (Wildman–Crippen LogP) is 3.29. The molecule has 1 aliphatic heterocycles. The smallest absolute Gasteiger partial charge is 0.410 e. The van der Waals surface area contributed by atoms with Crippen LogP contribution in [0.15, 0.2) is 29.3 Å². The molecular formula is C19H31IN4O3. The topological polar surface area (TPSA) is 89.2 Å². The molecule has 1 aromatic rings. The first kappa shape index (κ1) is 23.3. The van der Waals surface area contributed by atoms with E-state index in [0.29, 0.717) is 32.2 Å². The van der Waals surface area contributed by atoms with E-state index in [1.54, 1.807) is 4.90 Å². The van der Waals surface area contributed by atoms with E-state index in [4.69, 9.17) is 15.2 Å². The van der Waals surface area contributed by atoms with Gasteiger partial charge in [-0.15, -0.1) is 24.0 Å². The first-order chi connectivity index (χ1) is 12.3. The standard InChI is InChI=1S/C19H30N4O3.HI/c1-5-23(18(24)26-19(2,3)4)12-11-21-17(20)22-15-10-13-25-16-9-7-6-8-14(15)16;/h6-9,15H,5,10-13H2,1-4H3,(H3,20,21,22);1H. The molecule has 0 bridgehead atoms. The second kappa shape index (κ2) is 10.6. The van der Waals surface area contributed by atoms with Crippen molar-refractivity contribution in [2.45, 2.75) is 45.8 Å². The highest BCUT2D eigenvalue weighted by molar-refractivity contribution is 14.0. The van der Waals surface area contributed by atoms with Crippen LogP contribution in [0.5, 0.6) is 5.75 Å². The second-order valence-electron chi connectivity index (χ2n) is 7.20. The molecule has 1 unspecified atom stereocenters. The minimum atomic E-state index is -0.509. The Hall–Kier alpha value is -1.71. The van der Waals surface area contributed by atoms with Crippen molar-refractivity contribution in [3.8, 4) is 5.75 Å². The molecule has 0 spiro atoms. The van der Waals surface area contributed by atoms with Crippen LogP contribution in [0.2, 0.25) is 0 Å². The number of fused-ring (bicyclic) bond motifs is 1. The lowest BCUT2D eigenvalue weighted by Crippen LogP contribution is -2.40. The Bertz CT molecular complexity index is 646. The molecule has 1 aliphatic rings. The molecule has 0 fully saturated rings. The quantitative estimate of drug-likeness (QED) is 0.376. The monoisotopic (exact) mass is 490 g/mol. The number of nitrogens with zero attached hydrogens (tertiary/aromatic N) is 2. The zero-order valence-electron chi connectivity index (χ0n) is 16.5. The molecule has 8 heteroatoms. The van der Waals surface area contributed by atoms with Crippen molar-refractivity contribution in [2.75, 3.05) is 26.2 Å². The fourth-order valence-corrected chi connectivity index (χ4v) is 2.71. The Balaban J connectivity index is 0.00000364. The summed E-state index contributed by atoms with van der Waals surface area (Å²) in [7, 11) is 0. The van der Waals surface area contributed by atoms with E-state index in [2.05, 4.69) is 10.3 Å². The van der Waals surface area contributed by atoms with Crippen LogP contribution >= 0.6 is 24.0 Å². The van der Waals surface area contributed by atoms with Crippen molar-refractivity contribution in [1.29, 1.82) is 0 Å². The summed E-state index contributed by atoms with van der Waals surface area (Å²) in [5.74, 6) is 1.25. The van der Waals surface area contributed by atoms with Crippen molar-refractivity contribution in [3.63, 3.8) is 0 Å². The van der Waals surface area contributed by atoms with Gasteiger partial charge in [0.1, 0.15) is 11.4 Å². The van der Waals surface area contributed by atoms with Crippen LogP contribution in [0.3, 0.4) is 0 Å². The Morgan fingerprint density at radius 2 is 2.11 bits per heavy atom. The molecule has 1 aromatic carbocycles. The summed E-state index contributed by atoms with van der Waals surface area (Å²) in [4.78, 5) is 18.1. The zero-order chi connectivity index (χ0) is 19.2. The van der Waals surface area contributed by atoms with E-state index in [0.717, 1.165) is 17.7 Å². The van der Waals surface area contributed by atoms with E-state index in [-0.39, 0.29) is 36.1 Å². The molecular weight excluding hydrogens is 459 g/mol. The predicted molar refractivity (Wildman–Crippen MR) is 118 cm³/mol. The first-order valence-corrected chi connectivity index (χ1v) is 9.06. The number of benzene rings is 1. The van der Waals surface area contributed by atoms with Crippen molar-refractivity contribution >= 4 is 36.0 Å². The number of guanidine groups is 1. The van der Waals surface area contributed by atoms with Gasteiger partial charge in [0.25, 0.3) is 0 Å². The number of carbonyl (C=O) groups is 1. The average Bonchev–Trinajstić information content (AvgIpc) is 2.57. The summed E-state index contributed by atoms with van der Waals surface area (Å²) >= 11 is 0. The molecule has 0 aromatic heterocycles. The van der Waals surface area contributed by atoms with Crippen LogP contribution in [-0.4, -0.2) is 48.8 Å². The van der Waals surface area contributed by atoms with Gasteiger partial charge in [0.05, 0.1) is 19.2 Å². The summed E-state index contributed by atoms with van der Waals surface area (Å²) in [6.07, 6.45) is 0.492. The van der Waals surface area contributed by atoms with Crippen molar-refractivity contribution < 1.29 is 14.3 Å². The summed E-state index contributed by atoms with van der Waals surface area (Å²) in [5.41, 5.74) is 6.61. The molecule has 1 heterocycles. The fraction of sp³-hybridized carbons (Fsp3) is 0.579. The van der Waals surface area contributed by atoms with Gasteiger partial charge in [-0.25, -0.2) is 4.79 Å². The van der Waals surface area contributed by atoms with Crippen LogP contribution < -0.4 is 15.8 Å². The van der Waals surface area contributed by atoms with Gasteiger partial charge in [-0.3, -0.25) is 4.99 Å². The number of ether oxygens (including phenoxy) is 2. The fourth-order valence-electron chi connectivity index (χ4n) is 2.71. The Labute approximate surface area is 178 Å². The third kappa shape index (κ3) is 7.43. The number of nitrogens with two attached hydrogens (primary N) is 1. The Morgan fingerprint density at radius 1 is 1.41 bits per heavy atom. The third-order valence-electron chi connectivity index (χ3n) is 3.97. The number of amides is 1. The van der Waals surface area contributed by atoms with E-state index in [9.17, 15) is 4.79 Å². The molecule has 7 nitrogen and oxygen atoms in total.